The maximum atomic E-state index is 12.4. The highest BCUT2D eigenvalue weighted by atomic mass is 16.2. The second-order valence-corrected chi connectivity index (χ2v) is 8.46. The van der Waals surface area contributed by atoms with E-state index in [1.54, 1.807) is 0 Å². The molecule has 3 atom stereocenters. The van der Waals surface area contributed by atoms with Crippen LogP contribution in [0.15, 0.2) is 30.4 Å². The predicted molar refractivity (Wildman–Crippen MR) is 100 cm³/mol. The number of carbonyl (C=O) groups excluding carboxylic acids is 2. The molecule has 1 aromatic rings. The lowest BCUT2D eigenvalue weighted by Crippen LogP contribution is -2.39. The van der Waals surface area contributed by atoms with Crippen LogP contribution in [-0.4, -0.2) is 16.7 Å². The quantitative estimate of drug-likeness (QED) is 0.739. The molecule has 3 nitrogen and oxygen atoms in total. The molecule has 1 aliphatic carbocycles. The minimum Gasteiger partial charge on any atom is -0.269 e. The number of imide groups is 1. The van der Waals surface area contributed by atoms with E-state index in [9.17, 15) is 9.59 Å². The number of benzene rings is 1. The van der Waals surface area contributed by atoms with Crippen LogP contribution in [0.4, 0.5) is 0 Å². The van der Waals surface area contributed by atoms with Gasteiger partial charge in [0.25, 0.3) is 11.8 Å². The lowest BCUT2D eigenvalue weighted by atomic mass is 9.76. The standard InChI is InChI=1S/C22H29NO2/c1-12(2)15-7-8-16-17(11-15)20(13(3)4)21(14(5)6)22(16)23-18(24)9-10-19(23)25/h7-14,20-22H,1-6H3/t20-,21+,22-/m1/s1. The van der Waals surface area contributed by atoms with Crippen molar-refractivity contribution in [1.29, 1.82) is 0 Å². The molecular formula is C22H29NO2. The van der Waals surface area contributed by atoms with Gasteiger partial charge in [0.05, 0.1) is 6.04 Å². The van der Waals surface area contributed by atoms with Crippen LogP contribution >= 0.6 is 0 Å². The first kappa shape index (κ1) is 17.9. The fraction of sp³-hybridized carbons (Fsp3) is 0.545. The minimum absolute atomic E-state index is 0.154. The Morgan fingerprint density at radius 1 is 0.840 bits per heavy atom. The molecule has 3 heteroatoms. The van der Waals surface area contributed by atoms with E-state index < -0.39 is 0 Å². The molecule has 0 radical (unpaired) electrons. The maximum Gasteiger partial charge on any atom is 0.254 e. The fourth-order valence-electron chi connectivity index (χ4n) is 4.70. The van der Waals surface area contributed by atoms with Gasteiger partial charge in [0.2, 0.25) is 0 Å². The second kappa shape index (κ2) is 6.44. The van der Waals surface area contributed by atoms with Crippen LogP contribution in [0.2, 0.25) is 0 Å². The van der Waals surface area contributed by atoms with Gasteiger partial charge in [0, 0.05) is 12.2 Å². The zero-order valence-electron chi connectivity index (χ0n) is 16.1. The molecule has 0 spiro atoms. The van der Waals surface area contributed by atoms with Crippen LogP contribution in [0.3, 0.4) is 0 Å². The molecule has 0 fully saturated rings. The van der Waals surface area contributed by atoms with Crippen molar-refractivity contribution in [3.05, 3.63) is 47.0 Å². The molecule has 2 amide bonds. The van der Waals surface area contributed by atoms with Crippen molar-refractivity contribution in [1.82, 2.24) is 4.90 Å². The molecule has 0 saturated carbocycles. The van der Waals surface area contributed by atoms with Gasteiger partial charge in [0.15, 0.2) is 0 Å². The Hall–Kier alpha value is -1.90. The van der Waals surface area contributed by atoms with Gasteiger partial charge >= 0.3 is 0 Å². The first-order chi connectivity index (χ1) is 11.7. The van der Waals surface area contributed by atoms with E-state index >= 15 is 0 Å². The Morgan fingerprint density at radius 3 is 1.92 bits per heavy atom. The molecule has 1 aromatic carbocycles. The molecule has 25 heavy (non-hydrogen) atoms. The number of amides is 2. The van der Waals surface area contributed by atoms with Crippen molar-refractivity contribution >= 4 is 11.8 Å². The summed E-state index contributed by atoms with van der Waals surface area (Å²) in [5.74, 6) is 1.57. The number of nitrogens with zero attached hydrogens (tertiary/aromatic N) is 1. The first-order valence-electron chi connectivity index (χ1n) is 9.43. The van der Waals surface area contributed by atoms with Crippen molar-refractivity contribution in [2.24, 2.45) is 17.8 Å². The van der Waals surface area contributed by atoms with Crippen molar-refractivity contribution in [2.45, 2.75) is 59.4 Å². The average molecular weight is 339 g/mol. The molecule has 0 saturated heterocycles. The lowest BCUT2D eigenvalue weighted by molar-refractivity contribution is -0.141. The number of carbonyl (C=O) groups is 2. The van der Waals surface area contributed by atoms with Crippen LogP contribution < -0.4 is 0 Å². The summed E-state index contributed by atoms with van der Waals surface area (Å²) in [5, 5.41) is 0. The summed E-state index contributed by atoms with van der Waals surface area (Å²) >= 11 is 0. The van der Waals surface area contributed by atoms with Gasteiger partial charge in [-0.05, 0) is 46.3 Å². The summed E-state index contributed by atoms with van der Waals surface area (Å²) in [7, 11) is 0. The van der Waals surface area contributed by atoms with Crippen molar-refractivity contribution in [2.75, 3.05) is 0 Å². The van der Waals surface area contributed by atoms with Crippen molar-refractivity contribution < 1.29 is 9.59 Å². The summed E-state index contributed by atoms with van der Waals surface area (Å²) in [5.41, 5.74) is 3.81. The highest BCUT2D eigenvalue weighted by Gasteiger charge is 2.49. The Bertz CT molecular complexity index is 712. The van der Waals surface area contributed by atoms with E-state index in [0.29, 0.717) is 23.7 Å². The van der Waals surface area contributed by atoms with Crippen molar-refractivity contribution in [3.8, 4) is 0 Å². The maximum absolute atomic E-state index is 12.4. The number of fused-ring (bicyclic) bond motifs is 1. The molecule has 0 bridgehead atoms. The van der Waals surface area contributed by atoms with Crippen LogP contribution in [-0.2, 0) is 9.59 Å². The van der Waals surface area contributed by atoms with E-state index in [0.717, 1.165) is 5.56 Å². The van der Waals surface area contributed by atoms with Gasteiger partial charge in [-0.2, -0.15) is 0 Å². The van der Waals surface area contributed by atoms with E-state index in [-0.39, 0.29) is 23.8 Å². The predicted octanol–water partition coefficient (Wildman–Crippen LogP) is 4.80. The van der Waals surface area contributed by atoms with E-state index in [4.69, 9.17) is 0 Å². The van der Waals surface area contributed by atoms with Crippen LogP contribution in [0, 0.1) is 17.8 Å². The lowest BCUT2D eigenvalue weighted by Gasteiger charge is -2.35. The monoisotopic (exact) mass is 339 g/mol. The molecule has 0 aromatic heterocycles. The first-order valence-corrected chi connectivity index (χ1v) is 9.43. The van der Waals surface area contributed by atoms with Crippen LogP contribution in [0.5, 0.6) is 0 Å². The highest BCUT2D eigenvalue weighted by molar-refractivity contribution is 6.13. The average Bonchev–Trinajstić information content (AvgIpc) is 3.03. The largest absolute Gasteiger partial charge is 0.269 e. The molecular weight excluding hydrogens is 310 g/mol. The summed E-state index contributed by atoms with van der Waals surface area (Å²) in [6.07, 6.45) is 2.81. The van der Waals surface area contributed by atoms with Gasteiger partial charge in [-0.15, -0.1) is 0 Å². The highest BCUT2D eigenvalue weighted by Crippen LogP contribution is 2.55. The van der Waals surface area contributed by atoms with E-state index in [2.05, 4.69) is 59.7 Å². The SMILES string of the molecule is CC(C)c1ccc2c(c1)[C@@H](C(C)C)[C@H](C(C)C)[C@@H]2N1C(=O)C=CC1=O. The fourth-order valence-corrected chi connectivity index (χ4v) is 4.70. The normalized spacial score (nSPS) is 25.8. The van der Waals surface area contributed by atoms with Gasteiger partial charge in [-0.3, -0.25) is 14.5 Å². The summed E-state index contributed by atoms with van der Waals surface area (Å²) in [4.78, 5) is 26.3. The Kier molecular flexibility index (Phi) is 4.61. The van der Waals surface area contributed by atoms with E-state index in [1.165, 1.54) is 28.2 Å². The molecule has 3 rings (SSSR count). The number of hydrogen-bond donors (Lipinski definition) is 0. The Morgan fingerprint density at radius 2 is 1.44 bits per heavy atom. The van der Waals surface area contributed by atoms with E-state index in [1.807, 2.05) is 0 Å². The molecule has 134 valence electrons. The zero-order chi connectivity index (χ0) is 18.5. The van der Waals surface area contributed by atoms with Gasteiger partial charge in [-0.25, -0.2) is 0 Å². The Balaban J connectivity index is 2.18. The van der Waals surface area contributed by atoms with Crippen molar-refractivity contribution in [3.63, 3.8) is 0 Å². The topological polar surface area (TPSA) is 37.4 Å². The van der Waals surface area contributed by atoms with Crippen LogP contribution in [0.1, 0.15) is 76.1 Å². The number of rotatable bonds is 4. The smallest absolute Gasteiger partial charge is 0.254 e. The van der Waals surface area contributed by atoms with Crippen LogP contribution in [0.25, 0.3) is 0 Å². The summed E-state index contributed by atoms with van der Waals surface area (Å²) in [6.45, 7) is 13.3. The van der Waals surface area contributed by atoms with Gasteiger partial charge < -0.3 is 0 Å². The third-order valence-electron chi connectivity index (χ3n) is 5.84. The zero-order valence-corrected chi connectivity index (χ0v) is 16.1. The Labute approximate surface area is 151 Å². The summed E-state index contributed by atoms with van der Waals surface area (Å²) in [6, 6.07) is 6.48. The van der Waals surface area contributed by atoms with Gasteiger partial charge in [-0.1, -0.05) is 59.7 Å². The molecule has 2 aliphatic rings. The second-order valence-electron chi connectivity index (χ2n) is 8.46. The molecule has 0 N–H and O–H groups in total. The minimum atomic E-state index is -0.177. The third-order valence-corrected chi connectivity index (χ3v) is 5.84. The summed E-state index contributed by atoms with van der Waals surface area (Å²) < 4.78 is 0. The number of hydrogen-bond acceptors (Lipinski definition) is 2. The van der Waals surface area contributed by atoms with Gasteiger partial charge in [0.1, 0.15) is 0 Å². The molecule has 1 aliphatic heterocycles. The third kappa shape index (κ3) is 2.84. The molecule has 1 heterocycles. The molecule has 0 unspecified atom stereocenters.